The maximum absolute atomic E-state index is 13.9. The Morgan fingerprint density at radius 1 is 1.38 bits per heavy atom. The van der Waals surface area contributed by atoms with Crippen molar-refractivity contribution in [3.63, 3.8) is 0 Å². The number of rotatable bonds is 3. The molecule has 0 aliphatic carbocycles. The maximum Gasteiger partial charge on any atom is 0.228 e. The summed E-state index contributed by atoms with van der Waals surface area (Å²) in [5, 5.41) is 11.9. The number of nitrogens with one attached hydrogen (secondary N) is 1. The summed E-state index contributed by atoms with van der Waals surface area (Å²) in [5.41, 5.74) is 0.555. The lowest BCUT2D eigenvalue weighted by Gasteiger charge is -2.09. The predicted octanol–water partition coefficient (Wildman–Crippen LogP) is 4.29. The van der Waals surface area contributed by atoms with E-state index in [0.29, 0.717) is 15.1 Å². The van der Waals surface area contributed by atoms with Gasteiger partial charge in [0.15, 0.2) is 0 Å². The highest BCUT2D eigenvalue weighted by molar-refractivity contribution is 9.10. The molecule has 0 heterocycles. The molecule has 1 N–H and O–H groups in total. The van der Waals surface area contributed by atoms with E-state index in [2.05, 4.69) is 21.2 Å². The van der Waals surface area contributed by atoms with Crippen molar-refractivity contribution in [1.29, 1.82) is 5.26 Å². The van der Waals surface area contributed by atoms with Gasteiger partial charge in [-0.25, -0.2) is 4.39 Å². The molecule has 0 saturated heterocycles. The van der Waals surface area contributed by atoms with Crippen LogP contribution in [0.15, 0.2) is 40.9 Å². The van der Waals surface area contributed by atoms with E-state index in [0.717, 1.165) is 0 Å². The van der Waals surface area contributed by atoms with Crippen LogP contribution in [0.1, 0.15) is 11.1 Å². The van der Waals surface area contributed by atoms with Gasteiger partial charge < -0.3 is 5.32 Å². The summed E-state index contributed by atoms with van der Waals surface area (Å²) in [6, 6.07) is 11.4. The van der Waals surface area contributed by atoms with E-state index >= 15 is 0 Å². The average molecular weight is 368 g/mol. The van der Waals surface area contributed by atoms with E-state index < -0.39 is 11.7 Å². The minimum atomic E-state index is -0.673. The van der Waals surface area contributed by atoms with E-state index in [-0.39, 0.29) is 17.7 Å². The van der Waals surface area contributed by atoms with Crippen LogP contribution < -0.4 is 5.32 Å². The fourth-order valence-electron chi connectivity index (χ4n) is 1.79. The van der Waals surface area contributed by atoms with Gasteiger partial charge in [-0.15, -0.1) is 0 Å². The first-order valence-corrected chi connectivity index (χ1v) is 7.10. The van der Waals surface area contributed by atoms with Gasteiger partial charge in [0.2, 0.25) is 5.91 Å². The fourth-order valence-corrected chi connectivity index (χ4v) is 2.42. The minimum absolute atomic E-state index is 0.0000455. The van der Waals surface area contributed by atoms with Gasteiger partial charge in [-0.1, -0.05) is 45.7 Å². The number of carbonyl (C=O) groups is 1. The van der Waals surface area contributed by atoms with Crippen LogP contribution in [0.25, 0.3) is 0 Å². The molecule has 0 aliphatic heterocycles. The van der Waals surface area contributed by atoms with E-state index in [4.69, 9.17) is 16.9 Å². The van der Waals surface area contributed by atoms with Crippen molar-refractivity contribution in [1.82, 2.24) is 0 Å². The number of hydrogen-bond acceptors (Lipinski definition) is 2. The second-order valence-corrected chi connectivity index (χ2v) is 5.56. The maximum atomic E-state index is 13.9. The van der Waals surface area contributed by atoms with E-state index in [1.165, 1.54) is 12.1 Å². The smallest absolute Gasteiger partial charge is 0.228 e. The van der Waals surface area contributed by atoms with Crippen LogP contribution in [0.3, 0.4) is 0 Å². The van der Waals surface area contributed by atoms with Crippen molar-refractivity contribution in [2.24, 2.45) is 0 Å². The third-order valence-corrected chi connectivity index (χ3v) is 3.58. The van der Waals surface area contributed by atoms with Gasteiger partial charge in [-0.2, -0.15) is 5.26 Å². The Morgan fingerprint density at radius 2 is 2.10 bits per heavy atom. The van der Waals surface area contributed by atoms with Crippen molar-refractivity contribution >= 4 is 39.1 Å². The number of anilines is 1. The molecule has 2 aromatic carbocycles. The van der Waals surface area contributed by atoms with Gasteiger partial charge in [0.1, 0.15) is 11.9 Å². The zero-order chi connectivity index (χ0) is 15.4. The van der Waals surface area contributed by atoms with Crippen LogP contribution in [0.4, 0.5) is 10.1 Å². The first-order chi connectivity index (χ1) is 10.0. The van der Waals surface area contributed by atoms with E-state index in [9.17, 15) is 9.18 Å². The topological polar surface area (TPSA) is 52.9 Å². The van der Waals surface area contributed by atoms with Gasteiger partial charge >= 0.3 is 0 Å². The van der Waals surface area contributed by atoms with Crippen LogP contribution in [-0.4, -0.2) is 5.91 Å². The third kappa shape index (κ3) is 3.81. The largest absolute Gasteiger partial charge is 0.322 e. The molecule has 106 valence electrons. The molecule has 3 nitrogen and oxygen atoms in total. The summed E-state index contributed by atoms with van der Waals surface area (Å²) in [4.78, 5) is 12.0. The molecule has 0 aliphatic rings. The number of halogens is 3. The van der Waals surface area contributed by atoms with Crippen LogP contribution in [0, 0.1) is 17.1 Å². The lowest BCUT2D eigenvalue weighted by molar-refractivity contribution is -0.115. The molecule has 0 unspecified atom stereocenters. The molecule has 0 atom stereocenters. The normalized spacial score (nSPS) is 10.0. The number of carbonyl (C=O) groups excluding carboxylic acids is 1. The van der Waals surface area contributed by atoms with Crippen LogP contribution >= 0.6 is 27.5 Å². The van der Waals surface area contributed by atoms with Gasteiger partial charge in [0, 0.05) is 9.50 Å². The van der Waals surface area contributed by atoms with Crippen molar-refractivity contribution < 1.29 is 9.18 Å². The van der Waals surface area contributed by atoms with Gasteiger partial charge in [-0.3, -0.25) is 4.79 Å². The number of amides is 1. The number of benzene rings is 2. The van der Waals surface area contributed by atoms with Crippen LogP contribution in [-0.2, 0) is 11.2 Å². The van der Waals surface area contributed by atoms with E-state index in [1.54, 1.807) is 24.3 Å². The number of nitriles is 1. The summed E-state index contributed by atoms with van der Waals surface area (Å²) < 4.78 is 14.3. The fraction of sp³-hybridized carbons (Fsp3) is 0.0667. The van der Waals surface area contributed by atoms with Crippen molar-refractivity contribution in [3.8, 4) is 6.07 Å². The monoisotopic (exact) mass is 366 g/mol. The zero-order valence-corrected chi connectivity index (χ0v) is 13.0. The number of hydrogen-bond donors (Lipinski definition) is 1. The molecule has 0 fully saturated rings. The first kappa shape index (κ1) is 15.5. The molecule has 21 heavy (non-hydrogen) atoms. The van der Waals surface area contributed by atoms with Gasteiger partial charge in [0.05, 0.1) is 17.7 Å². The molecule has 0 saturated carbocycles. The average Bonchev–Trinajstić information content (AvgIpc) is 2.44. The SMILES string of the molecule is N#Cc1cc(Br)cc(F)c1NC(=O)Cc1ccccc1Cl. The Kier molecular flexibility index (Phi) is 4.94. The van der Waals surface area contributed by atoms with Gasteiger partial charge in [-0.05, 0) is 23.8 Å². The molecule has 6 heteroatoms. The molecule has 0 bridgehead atoms. The summed E-state index contributed by atoms with van der Waals surface area (Å²) >= 11 is 9.07. The Hall–Kier alpha value is -1.90. The second kappa shape index (κ2) is 6.70. The molecule has 0 aromatic heterocycles. The summed E-state index contributed by atoms with van der Waals surface area (Å²) in [7, 11) is 0. The summed E-state index contributed by atoms with van der Waals surface area (Å²) in [5.74, 6) is -1.12. The summed E-state index contributed by atoms with van der Waals surface area (Å²) in [6.07, 6.45) is 0.0000455. The quantitative estimate of drug-likeness (QED) is 0.879. The van der Waals surface area contributed by atoms with Crippen molar-refractivity contribution in [2.75, 3.05) is 5.32 Å². The highest BCUT2D eigenvalue weighted by Crippen LogP contribution is 2.25. The van der Waals surface area contributed by atoms with Crippen molar-refractivity contribution in [3.05, 3.63) is 62.8 Å². The van der Waals surface area contributed by atoms with E-state index in [1.807, 2.05) is 6.07 Å². The van der Waals surface area contributed by atoms with Crippen LogP contribution in [0.5, 0.6) is 0 Å². The summed E-state index contributed by atoms with van der Waals surface area (Å²) in [6.45, 7) is 0. The highest BCUT2D eigenvalue weighted by atomic mass is 79.9. The number of nitrogens with zero attached hydrogens (tertiary/aromatic N) is 1. The predicted molar refractivity (Wildman–Crippen MR) is 82.6 cm³/mol. The standard InChI is InChI=1S/C15H9BrClFN2O/c16-11-5-10(8-19)15(13(18)7-11)20-14(21)6-9-3-1-2-4-12(9)17/h1-5,7H,6H2,(H,20,21). The highest BCUT2D eigenvalue weighted by Gasteiger charge is 2.14. The third-order valence-electron chi connectivity index (χ3n) is 2.75. The molecule has 1 amide bonds. The molecule has 2 aromatic rings. The first-order valence-electron chi connectivity index (χ1n) is 5.93. The Morgan fingerprint density at radius 3 is 2.76 bits per heavy atom. The lowest BCUT2D eigenvalue weighted by atomic mass is 10.1. The molecule has 0 spiro atoms. The lowest BCUT2D eigenvalue weighted by Crippen LogP contribution is -2.16. The Labute approximate surface area is 134 Å². The molecule has 2 rings (SSSR count). The molecular formula is C15H9BrClFN2O. The van der Waals surface area contributed by atoms with Crippen LogP contribution in [0.2, 0.25) is 5.02 Å². The Balaban J connectivity index is 2.21. The Bertz CT molecular complexity index is 743. The van der Waals surface area contributed by atoms with Gasteiger partial charge in [0.25, 0.3) is 0 Å². The minimum Gasteiger partial charge on any atom is -0.322 e. The second-order valence-electron chi connectivity index (χ2n) is 4.24. The molecule has 0 radical (unpaired) electrons. The molecular weight excluding hydrogens is 359 g/mol. The zero-order valence-electron chi connectivity index (χ0n) is 10.7. The van der Waals surface area contributed by atoms with Crippen molar-refractivity contribution in [2.45, 2.75) is 6.42 Å².